The van der Waals surface area contributed by atoms with Gasteiger partial charge in [-0.2, -0.15) is 11.8 Å². The standard InChI is InChI=1S/C20H26N4O7S2/c1-13(25)33-17-9-16(12-32-8-7-18(26)22(2)19(21)27)23(10-17)20(28)31-11-14-3-5-15(6-4-14)24(29)30/h3-6,16-17H,7-12H2,1-2H3,(H2,21,27)/t16-,17-/m0/s1. The number of nitro benzene ring substituents is 1. The van der Waals surface area contributed by atoms with Gasteiger partial charge in [-0.25, -0.2) is 9.59 Å². The highest BCUT2D eigenvalue weighted by molar-refractivity contribution is 8.14. The number of amides is 4. The van der Waals surface area contributed by atoms with E-state index in [-0.39, 0.29) is 41.0 Å². The number of carbonyl (C=O) groups excluding carboxylic acids is 4. The summed E-state index contributed by atoms with van der Waals surface area (Å²) < 4.78 is 5.40. The van der Waals surface area contributed by atoms with E-state index in [1.165, 1.54) is 61.8 Å². The maximum Gasteiger partial charge on any atom is 0.410 e. The van der Waals surface area contributed by atoms with Crippen molar-refractivity contribution < 1.29 is 28.8 Å². The van der Waals surface area contributed by atoms with E-state index in [0.29, 0.717) is 30.0 Å². The molecule has 1 aromatic rings. The summed E-state index contributed by atoms with van der Waals surface area (Å²) in [6.45, 7) is 1.80. The van der Waals surface area contributed by atoms with Crippen LogP contribution in [0.1, 0.15) is 25.3 Å². The number of nitro groups is 1. The second kappa shape index (κ2) is 12.4. The van der Waals surface area contributed by atoms with Gasteiger partial charge >= 0.3 is 12.1 Å². The zero-order chi connectivity index (χ0) is 24.5. The summed E-state index contributed by atoms with van der Waals surface area (Å²) in [6, 6.07) is 4.74. The summed E-state index contributed by atoms with van der Waals surface area (Å²) in [6.07, 6.45) is 0.210. The van der Waals surface area contributed by atoms with Gasteiger partial charge in [0, 0.05) is 61.9 Å². The molecule has 0 aliphatic carbocycles. The highest BCUT2D eigenvalue weighted by Gasteiger charge is 2.37. The van der Waals surface area contributed by atoms with Crippen molar-refractivity contribution >= 4 is 52.4 Å². The van der Waals surface area contributed by atoms with Gasteiger partial charge < -0.3 is 15.4 Å². The Bertz CT molecular complexity index is 897. The number of hydrogen-bond acceptors (Lipinski definition) is 9. The molecule has 0 bridgehead atoms. The number of nitrogens with zero attached hydrogens (tertiary/aromatic N) is 3. The molecule has 0 spiro atoms. The summed E-state index contributed by atoms with van der Waals surface area (Å²) in [5.74, 6) is 0.601. The third-order valence-electron chi connectivity index (χ3n) is 4.93. The lowest BCUT2D eigenvalue weighted by Crippen LogP contribution is -2.38. The summed E-state index contributed by atoms with van der Waals surface area (Å²) in [7, 11) is 1.32. The molecule has 13 heteroatoms. The van der Waals surface area contributed by atoms with Gasteiger partial charge in [0.1, 0.15) is 6.61 Å². The number of non-ortho nitro benzene ring substituents is 1. The van der Waals surface area contributed by atoms with Crippen molar-refractivity contribution in [2.75, 3.05) is 25.1 Å². The van der Waals surface area contributed by atoms with Gasteiger partial charge in [-0.3, -0.25) is 24.6 Å². The van der Waals surface area contributed by atoms with Crippen LogP contribution in [-0.2, 0) is 20.9 Å². The van der Waals surface area contributed by atoms with Crippen molar-refractivity contribution in [3.8, 4) is 0 Å². The fraction of sp³-hybridized carbons (Fsp3) is 0.500. The Morgan fingerprint density at radius 3 is 2.52 bits per heavy atom. The van der Waals surface area contributed by atoms with Gasteiger partial charge in [-0.15, -0.1) is 0 Å². The molecule has 1 aliphatic heterocycles. The summed E-state index contributed by atoms with van der Waals surface area (Å²) >= 11 is 2.65. The molecule has 1 heterocycles. The van der Waals surface area contributed by atoms with E-state index in [1.807, 2.05) is 0 Å². The summed E-state index contributed by atoms with van der Waals surface area (Å²) in [5, 5.41) is 10.7. The number of benzene rings is 1. The Labute approximate surface area is 199 Å². The smallest absolute Gasteiger partial charge is 0.410 e. The molecular formula is C20H26N4O7S2. The molecule has 0 aromatic heterocycles. The zero-order valence-electron chi connectivity index (χ0n) is 18.3. The van der Waals surface area contributed by atoms with Gasteiger partial charge in [0.15, 0.2) is 5.12 Å². The highest BCUT2D eigenvalue weighted by atomic mass is 32.2. The van der Waals surface area contributed by atoms with Crippen LogP contribution < -0.4 is 5.73 Å². The van der Waals surface area contributed by atoms with E-state index >= 15 is 0 Å². The highest BCUT2D eigenvalue weighted by Crippen LogP contribution is 2.31. The van der Waals surface area contributed by atoms with Crippen LogP contribution in [0.3, 0.4) is 0 Å². The molecule has 11 nitrogen and oxygen atoms in total. The first-order valence-corrected chi connectivity index (χ1v) is 12.1. The number of imide groups is 1. The predicted molar refractivity (Wildman–Crippen MR) is 125 cm³/mol. The van der Waals surface area contributed by atoms with Crippen LogP contribution in [0.4, 0.5) is 15.3 Å². The minimum absolute atomic E-state index is 0.0346. The molecule has 4 amide bonds. The lowest BCUT2D eigenvalue weighted by atomic mass is 10.2. The Morgan fingerprint density at radius 1 is 1.27 bits per heavy atom. The number of primary amides is 1. The second-order valence-electron chi connectivity index (χ2n) is 7.37. The van der Waals surface area contributed by atoms with Crippen LogP contribution >= 0.6 is 23.5 Å². The molecule has 1 fully saturated rings. The zero-order valence-corrected chi connectivity index (χ0v) is 19.9. The van der Waals surface area contributed by atoms with E-state index in [0.717, 1.165) is 4.90 Å². The van der Waals surface area contributed by atoms with Crippen molar-refractivity contribution in [1.82, 2.24) is 9.80 Å². The molecule has 180 valence electrons. The van der Waals surface area contributed by atoms with Crippen LogP contribution in [-0.4, -0.2) is 74.3 Å². The van der Waals surface area contributed by atoms with Crippen LogP contribution in [0.2, 0.25) is 0 Å². The number of urea groups is 1. The maximum atomic E-state index is 12.7. The van der Waals surface area contributed by atoms with Crippen LogP contribution in [0, 0.1) is 10.1 Å². The Morgan fingerprint density at radius 2 is 1.94 bits per heavy atom. The predicted octanol–water partition coefficient (Wildman–Crippen LogP) is 2.61. The van der Waals surface area contributed by atoms with Crippen molar-refractivity contribution in [2.24, 2.45) is 5.73 Å². The molecular weight excluding hydrogens is 472 g/mol. The van der Waals surface area contributed by atoms with Crippen LogP contribution in [0.5, 0.6) is 0 Å². The SMILES string of the molecule is CC(=O)S[C@H]1C[C@@H](CSCCC(=O)N(C)C(N)=O)N(C(=O)OCc2ccc([N+](=O)[O-])cc2)C1. The Balaban J connectivity index is 1.90. The van der Waals surface area contributed by atoms with Crippen LogP contribution in [0.15, 0.2) is 24.3 Å². The lowest BCUT2D eigenvalue weighted by Gasteiger charge is -2.23. The van der Waals surface area contributed by atoms with Gasteiger partial charge in [0.25, 0.3) is 5.69 Å². The third-order valence-corrected chi connectivity index (χ3v) is 7.05. The molecule has 1 saturated heterocycles. The average molecular weight is 499 g/mol. The first-order chi connectivity index (χ1) is 15.6. The molecule has 1 aromatic carbocycles. The number of hydrogen-bond donors (Lipinski definition) is 1. The molecule has 0 saturated carbocycles. The maximum absolute atomic E-state index is 12.7. The number of carbonyl (C=O) groups is 4. The average Bonchev–Trinajstić information content (AvgIpc) is 3.16. The molecule has 0 radical (unpaired) electrons. The number of thioether (sulfide) groups is 2. The quantitative estimate of drug-likeness (QED) is 0.307. The van der Waals surface area contributed by atoms with E-state index < -0.39 is 17.0 Å². The van der Waals surface area contributed by atoms with Crippen molar-refractivity contribution in [3.05, 3.63) is 39.9 Å². The minimum atomic E-state index is -0.813. The molecule has 33 heavy (non-hydrogen) atoms. The van der Waals surface area contributed by atoms with E-state index in [1.54, 1.807) is 4.90 Å². The largest absolute Gasteiger partial charge is 0.445 e. The number of ether oxygens (including phenoxy) is 1. The Hall–Kier alpha value is -2.80. The van der Waals surface area contributed by atoms with E-state index in [9.17, 15) is 29.3 Å². The summed E-state index contributed by atoms with van der Waals surface area (Å²) in [5.41, 5.74) is 5.65. The monoisotopic (exact) mass is 498 g/mol. The second-order valence-corrected chi connectivity index (χ2v) is 9.99. The van der Waals surface area contributed by atoms with E-state index in [4.69, 9.17) is 10.5 Å². The normalized spacial score (nSPS) is 17.5. The van der Waals surface area contributed by atoms with Crippen molar-refractivity contribution in [3.63, 3.8) is 0 Å². The first-order valence-electron chi connectivity index (χ1n) is 10.1. The minimum Gasteiger partial charge on any atom is -0.445 e. The summed E-state index contributed by atoms with van der Waals surface area (Å²) in [4.78, 5) is 59.8. The molecule has 1 aliphatic rings. The van der Waals surface area contributed by atoms with Gasteiger partial charge in [-0.05, 0) is 24.1 Å². The number of likely N-dealkylation sites (tertiary alicyclic amines) is 1. The molecule has 0 unspecified atom stereocenters. The van der Waals surface area contributed by atoms with Crippen molar-refractivity contribution in [1.29, 1.82) is 0 Å². The topological polar surface area (TPSA) is 153 Å². The third kappa shape index (κ3) is 8.24. The molecule has 2 atom stereocenters. The molecule has 2 rings (SSSR count). The fourth-order valence-electron chi connectivity index (χ4n) is 3.19. The van der Waals surface area contributed by atoms with Gasteiger partial charge in [0.05, 0.1) is 4.92 Å². The molecule has 2 N–H and O–H groups in total. The van der Waals surface area contributed by atoms with E-state index in [2.05, 4.69) is 0 Å². The van der Waals surface area contributed by atoms with Gasteiger partial charge in [-0.1, -0.05) is 11.8 Å². The van der Waals surface area contributed by atoms with Crippen LogP contribution in [0.25, 0.3) is 0 Å². The fourth-order valence-corrected chi connectivity index (χ4v) is 5.28. The van der Waals surface area contributed by atoms with Gasteiger partial charge in [0.2, 0.25) is 5.91 Å². The number of nitrogens with two attached hydrogens (primary N) is 1. The Kier molecular flexibility index (Phi) is 9.97. The van der Waals surface area contributed by atoms with Crippen molar-refractivity contribution in [2.45, 2.75) is 37.7 Å². The number of rotatable bonds is 9. The lowest BCUT2D eigenvalue weighted by molar-refractivity contribution is -0.384. The first kappa shape index (κ1) is 26.5.